The number of hydrogen-bond donors (Lipinski definition) is 2. The summed E-state index contributed by atoms with van der Waals surface area (Å²) in [4.78, 5) is 18.7. The molecule has 1 saturated heterocycles. The number of aliphatic hydroxyl groups excluding tert-OH is 1. The molecule has 7 heteroatoms. The van der Waals surface area contributed by atoms with Crippen LogP contribution >= 0.6 is 23.2 Å². The van der Waals surface area contributed by atoms with Crippen molar-refractivity contribution in [2.75, 3.05) is 13.1 Å². The van der Waals surface area contributed by atoms with Gasteiger partial charge in [0.2, 0.25) is 5.91 Å². The minimum Gasteiger partial charge on any atom is -0.386 e. The predicted octanol–water partition coefficient (Wildman–Crippen LogP) is 3.84. The van der Waals surface area contributed by atoms with Gasteiger partial charge >= 0.3 is 0 Å². The molecule has 1 fully saturated rings. The fourth-order valence-corrected chi connectivity index (χ4v) is 3.42. The van der Waals surface area contributed by atoms with Crippen LogP contribution in [0.1, 0.15) is 37.5 Å². The van der Waals surface area contributed by atoms with Crippen LogP contribution in [0.4, 0.5) is 0 Å². The highest BCUT2D eigenvalue weighted by atomic mass is 35.5. The second-order valence-corrected chi connectivity index (χ2v) is 7.18. The predicted molar refractivity (Wildman–Crippen MR) is 109 cm³/mol. The van der Waals surface area contributed by atoms with Crippen LogP contribution in [0, 0.1) is 0 Å². The number of amides is 1. The molecule has 2 aromatic rings. The zero-order valence-corrected chi connectivity index (χ0v) is 15.7. The first-order chi connectivity index (χ1) is 12.6. The number of nitrogens with zero attached hydrogens (tertiary/aromatic N) is 2. The summed E-state index contributed by atoms with van der Waals surface area (Å²) in [7, 11) is 0. The lowest BCUT2D eigenvalue weighted by atomic mass is 10.0. The average Bonchev–Trinajstić information content (AvgIpc) is 3.20. The maximum atomic E-state index is 12.9. The second kappa shape index (κ2) is 10.0. The number of benzene rings is 1. The molecule has 0 aliphatic carbocycles. The van der Waals surface area contributed by atoms with Crippen LogP contribution in [0.2, 0.25) is 10.0 Å². The quantitative estimate of drug-likeness (QED) is 0.760. The second-order valence-electron chi connectivity index (χ2n) is 6.36. The van der Waals surface area contributed by atoms with Crippen molar-refractivity contribution in [3.8, 4) is 0 Å². The highest BCUT2D eigenvalue weighted by Gasteiger charge is 2.32. The zero-order valence-electron chi connectivity index (χ0n) is 14.2. The van der Waals surface area contributed by atoms with Crippen LogP contribution < -0.4 is 5.32 Å². The summed E-state index contributed by atoms with van der Waals surface area (Å²) in [6, 6.07) is 8.01. The summed E-state index contributed by atoms with van der Waals surface area (Å²) >= 11 is 12.0. The Morgan fingerprint density at radius 2 is 1.81 bits per heavy atom. The molecule has 0 radical (unpaired) electrons. The average molecular weight is 410 g/mol. The van der Waals surface area contributed by atoms with Gasteiger partial charge in [0.05, 0.1) is 10.0 Å². The van der Waals surface area contributed by atoms with Gasteiger partial charge in [-0.25, -0.2) is 0 Å². The molecule has 2 N–H and O–H groups in total. The number of pyridine rings is 1. The molecule has 2 atom stereocenters. The van der Waals surface area contributed by atoms with Gasteiger partial charge in [-0.2, -0.15) is 0 Å². The Labute approximate surface area is 170 Å². The lowest BCUT2D eigenvalue weighted by Crippen LogP contribution is -2.48. The van der Waals surface area contributed by atoms with Crippen molar-refractivity contribution in [3.63, 3.8) is 0 Å². The van der Waals surface area contributed by atoms with E-state index in [0.717, 1.165) is 31.5 Å². The monoisotopic (exact) mass is 409 g/mol. The van der Waals surface area contributed by atoms with E-state index >= 15 is 0 Å². The Morgan fingerprint density at radius 3 is 2.44 bits per heavy atom. The third-order valence-corrected chi connectivity index (χ3v) is 5.30. The summed E-state index contributed by atoms with van der Waals surface area (Å²) in [5.74, 6) is -0.0909. The normalized spacial score (nSPS) is 15.9. The molecule has 1 aliphatic heterocycles. The molecular formula is C20H25Cl2N3O2. The van der Waals surface area contributed by atoms with Gasteiger partial charge < -0.3 is 10.0 Å². The molecule has 5 nitrogen and oxygen atoms in total. The highest BCUT2D eigenvalue weighted by molar-refractivity contribution is 6.42. The Kier molecular flexibility index (Phi) is 8.05. The van der Waals surface area contributed by atoms with E-state index in [1.165, 1.54) is 0 Å². The number of aliphatic hydroxyl groups is 1. The van der Waals surface area contributed by atoms with Crippen molar-refractivity contribution >= 4 is 29.1 Å². The molecule has 0 spiro atoms. The van der Waals surface area contributed by atoms with Crippen LogP contribution in [0.5, 0.6) is 0 Å². The lowest BCUT2D eigenvalue weighted by Gasteiger charge is -2.28. The zero-order chi connectivity index (χ0) is 18.5. The highest BCUT2D eigenvalue weighted by Crippen LogP contribution is 2.24. The third kappa shape index (κ3) is 5.42. The van der Waals surface area contributed by atoms with Gasteiger partial charge in [0.25, 0.3) is 0 Å². The molecule has 0 bridgehead atoms. The minimum absolute atomic E-state index is 0. The van der Waals surface area contributed by atoms with Gasteiger partial charge in [0.1, 0.15) is 12.1 Å². The van der Waals surface area contributed by atoms with E-state index in [4.69, 9.17) is 23.2 Å². The van der Waals surface area contributed by atoms with E-state index in [2.05, 4.69) is 10.3 Å². The third-order valence-electron chi connectivity index (χ3n) is 4.56. The Balaban J connectivity index is 0.00000261. The first-order valence-corrected chi connectivity index (χ1v) is 9.36. The molecule has 2 heterocycles. The van der Waals surface area contributed by atoms with Crippen molar-refractivity contribution in [1.29, 1.82) is 0 Å². The number of carbonyl (C=O) groups excluding carboxylic acids is 1. The summed E-state index contributed by atoms with van der Waals surface area (Å²) in [5.41, 5.74) is 1.54. The summed E-state index contributed by atoms with van der Waals surface area (Å²) in [5, 5.41) is 14.9. The Bertz CT molecular complexity index is 752. The van der Waals surface area contributed by atoms with Crippen molar-refractivity contribution < 1.29 is 9.90 Å². The number of halogens is 2. The molecule has 1 aliphatic rings. The summed E-state index contributed by atoms with van der Waals surface area (Å²) in [6.07, 6.45) is 4.24. The topological polar surface area (TPSA) is 65.5 Å². The van der Waals surface area contributed by atoms with Gasteiger partial charge in [0, 0.05) is 32.0 Å². The standard InChI is InChI=1S/C19H21Cl2N3O2.CH4/c20-15-4-3-13(11-16(15)21)12-23-17(19(26)24-9-1-2-10-24)18(25)14-5-7-22-8-6-14;/h3-8,11,17-18,23,25H,1-2,9-10,12H2;1H4/t17-,18+;/m1./s1. The number of hydrogen-bond acceptors (Lipinski definition) is 4. The minimum atomic E-state index is -0.964. The van der Waals surface area contributed by atoms with Crippen LogP contribution in [0.25, 0.3) is 0 Å². The van der Waals surface area contributed by atoms with Gasteiger partial charge in [-0.3, -0.25) is 15.1 Å². The molecular weight excluding hydrogens is 385 g/mol. The van der Waals surface area contributed by atoms with E-state index < -0.39 is 12.1 Å². The van der Waals surface area contributed by atoms with E-state index in [1.807, 2.05) is 6.07 Å². The Hall–Kier alpha value is -1.66. The molecule has 3 rings (SSSR count). The molecule has 1 aromatic carbocycles. The molecule has 1 aromatic heterocycles. The first-order valence-electron chi connectivity index (χ1n) is 8.60. The molecule has 0 unspecified atom stereocenters. The Morgan fingerprint density at radius 1 is 1.15 bits per heavy atom. The van der Waals surface area contributed by atoms with Crippen molar-refractivity contribution in [3.05, 3.63) is 63.9 Å². The number of rotatable bonds is 6. The van der Waals surface area contributed by atoms with Gasteiger partial charge in [-0.15, -0.1) is 0 Å². The fraction of sp³-hybridized carbons (Fsp3) is 0.400. The van der Waals surface area contributed by atoms with Crippen LogP contribution in [0.15, 0.2) is 42.7 Å². The van der Waals surface area contributed by atoms with Gasteiger partial charge in [-0.1, -0.05) is 36.7 Å². The number of likely N-dealkylation sites (tertiary alicyclic amines) is 1. The molecule has 1 amide bonds. The lowest BCUT2D eigenvalue weighted by molar-refractivity contribution is -0.135. The number of carbonyl (C=O) groups is 1. The smallest absolute Gasteiger partial charge is 0.242 e. The van der Waals surface area contributed by atoms with E-state index in [0.29, 0.717) is 22.2 Å². The first kappa shape index (κ1) is 21.6. The number of nitrogens with one attached hydrogen (secondary N) is 1. The molecule has 146 valence electrons. The van der Waals surface area contributed by atoms with Crippen molar-refractivity contribution in [2.45, 2.75) is 39.0 Å². The van der Waals surface area contributed by atoms with E-state index in [-0.39, 0.29) is 13.3 Å². The van der Waals surface area contributed by atoms with Crippen molar-refractivity contribution in [2.24, 2.45) is 0 Å². The summed E-state index contributed by atoms with van der Waals surface area (Å²) in [6.45, 7) is 1.85. The van der Waals surface area contributed by atoms with Crippen LogP contribution in [0.3, 0.4) is 0 Å². The van der Waals surface area contributed by atoms with Crippen LogP contribution in [-0.2, 0) is 11.3 Å². The SMILES string of the molecule is C.O=C([C@H](NCc1ccc(Cl)c(Cl)c1)[C@@H](O)c1ccncc1)N1CCCC1. The van der Waals surface area contributed by atoms with Crippen LogP contribution in [-0.4, -0.2) is 40.0 Å². The maximum Gasteiger partial charge on any atom is 0.242 e. The van der Waals surface area contributed by atoms with E-state index in [1.54, 1.807) is 41.6 Å². The van der Waals surface area contributed by atoms with Gasteiger partial charge in [-0.05, 0) is 48.2 Å². The fourth-order valence-electron chi connectivity index (χ4n) is 3.10. The maximum absolute atomic E-state index is 12.9. The summed E-state index contributed by atoms with van der Waals surface area (Å²) < 4.78 is 0. The molecule has 27 heavy (non-hydrogen) atoms. The van der Waals surface area contributed by atoms with Crippen molar-refractivity contribution in [1.82, 2.24) is 15.2 Å². The van der Waals surface area contributed by atoms with E-state index in [9.17, 15) is 9.90 Å². The molecule has 0 saturated carbocycles. The largest absolute Gasteiger partial charge is 0.386 e. The van der Waals surface area contributed by atoms with Gasteiger partial charge in [0.15, 0.2) is 0 Å². The number of aromatic nitrogens is 1.